The maximum Gasteiger partial charge on any atom is 0.302 e. The lowest BCUT2D eigenvalue weighted by Gasteiger charge is -1.98. The van der Waals surface area contributed by atoms with Gasteiger partial charge in [0, 0.05) is 12.5 Å². The standard InChI is InChI=1S/C6H8F2O2/c1-4(6(7)8)3-10-5(2)9/h3H2,1-2H3. The third-order valence-corrected chi connectivity index (χ3v) is 0.815. The van der Waals surface area contributed by atoms with Gasteiger partial charge in [0.15, 0.2) is 0 Å². The van der Waals surface area contributed by atoms with E-state index < -0.39 is 12.0 Å². The van der Waals surface area contributed by atoms with Crippen molar-refractivity contribution in [3.63, 3.8) is 0 Å². The number of rotatable bonds is 2. The zero-order chi connectivity index (χ0) is 8.15. The molecule has 0 heterocycles. The molecule has 0 fully saturated rings. The maximum absolute atomic E-state index is 11.6. The van der Waals surface area contributed by atoms with E-state index in [1.807, 2.05) is 0 Å². The normalized spacial score (nSPS) is 8.80. The van der Waals surface area contributed by atoms with Crippen LogP contribution in [0.3, 0.4) is 0 Å². The Hall–Kier alpha value is -0.930. The van der Waals surface area contributed by atoms with Gasteiger partial charge in [-0.3, -0.25) is 4.79 Å². The molecule has 0 aliphatic rings. The van der Waals surface area contributed by atoms with Crippen molar-refractivity contribution in [2.75, 3.05) is 6.61 Å². The predicted octanol–water partition coefficient (Wildman–Crippen LogP) is 1.72. The third kappa shape index (κ3) is 4.00. The van der Waals surface area contributed by atoms with Crippen LogP contribution in [0.15, 0.2) is 11.7 Å². The second kappa shape index (κ2) is 3.98. The zero-order valence-corrected chi connectivity index (χ0v) is 5.78. The Morgan fingerprint density at radius 3 is 2.20 bits per heavy atom. The average Bonchev–Trinajstić information content (AvgIpc) is 1.82. The highest BCUT2D eigenvalue weighted by molar-refractivity contribution is 5.66. The van der Waals surface area contributed by atoms with Gasteiger partial charge >= 0.3 is 5.97 Å². The largest absolute Gasteiger partial charge is 0.461 e. The Labute approximate surface area is 57.5 Å². The minimum atomic E-state index is -1.79. The van der Waals surface area contributed by atoms with Crippen molar-refractivity contribution in [2.24, 2.45) is 0 Å². The average molecular weight is 150 g/mol. The summed E-state index contributed by atoms with van der Waals surface area (Å²) in [4.78, 5) is 10.1. The van der Waals surface area contributed by atoms with E-state index >= 15 is 0 Å². The van der Waals surface area contributed by atoms with Crippen molar-refractivity contribution < 1.29 is 18.3 Å². The van der Waals surface area contributed by atoms with E-state index in [-0.39, 0.29) is 12.2 Å². The lowest BCUT2D eigenvalue weighted by Crippen LogP contribution is -2.01. The van der Waals surface area contributed by atoms with Crippen molar-refractivity contribution >= 4 is 5.97 Å². The van der Waals surface area contributed by atoms with Crippen molar-refractivity contribution in [3.05, 3.63) is 11.7 Å². The van der Waals surface area contributed by atoms with E-state index in [9.17, 15) is 13.6 Å². The minimum Gasteiger partial charge on any atom is -0.461 e. The lowest BCUT2D eigenvalue weighted by molar-refractivity contribution is -0.140. The van der Waals surface area contributed by atoms with Crippen molar-refractivity contribution in [1.82, 2.24) is 0 Å². The molecule has 0 saturated heterocycles. The van der Waals surface area contributed by atoms with E-state index in [1.165, 1.54) is 13.8 Å². The molecule has 0 rings (SSSR count). The van der Waals surface area contributed by atoms with Crippen LogP contribution >= 0.6 is 0 Å². The van der Waals surface area contributed by atoms with Crippen LogP contribution < -0.4 is 0 Å². The zero-order valence-electron chi connectivity index (χ0n) is 5.78. The van der Waals surface area contributed by atoms with E-state index in [0.717, 1.165) is 0 Å². The lowest BCUT2D eigenvalue weighted by atomic mass is 10.4. The van der Waals surface area contributed by atoms with Gasteiger partial charge in [0.25, 0.3) is 6.08 Å². The number of halogens is 2. The molecule has 0 unspecified atom stereocenters. The summed E-state index contributed by atoms with van der Waals surface area (Å²) < 4.78 is 27.4. The summed E-state index contributed by atoms with van der Waals surface area (Å²) in [6.45, 7) is 2.05. The predicted molar refractivity (Wildman–Crippen MR) is 31.5 cm³/mol. The molecule has 0 bridgehead atoms. The van der Waals surface area contributed by atoms with Gasteiger partial charge < -0.3 is 4.74 Å². The highest BCUT2D eigenvalue weighted by atomic mass is 19.3. The summed E-state index contributed by atoms with van der Waals surface area (Å²) in [6, 6.07) is 0. The molecule has 58 valence electrons. The highest BCUT2D eigenvalue weighted by Crippen LogP contribution is 2.06. The van der Waals surface area contributed by atoms with E-state index in [2.05, 4.69) is 4.74 Å². The molecule has 4 heteroatoms. The Morgan fingerprint density at radius 1 is 1.40 bits per heavy atom. The van der Waals surface area contributed by atoms with Crippen molar-refractivity contribution in [2.45, 2.75) is 13.8 Å². The van der Waals surface area contributed by atoms with Gasteiger partial charge in [-0.2, -0.15) is 8.78 Å². The van der Waals surface area contributed by atoms with Crippen LogP contribution in [-0.2, 0) is 9.53 Å². The fourth-order valence-electron chi connectivity index (χ4n) is 0.264. The van der Waals surface area contributed by atoms with E-state index in [0.29, 0.717) is 0 Å². The molecular formula is C6H8F2O2. The fraction of sp³-hybridized carbons (Fsp3) is 0.500. The van der Waals surface area contributed by atoms with Gasteiger partial charge in [0.05, 0.1) is 0 Å². The first-order valence-electron chi connectivity index (χ1n) is 2.68. The van der Waals surface area contributed by atoms with Crippen LogP contribution in [0, 0.1) is 0 Å². The monoisotopic (exact) mass is 150 g/mol. The van der Waals surface area contributed by atoms with Gasteiger partial charge in [0.1, 0.15) is 6.61 Å². The molecule has 2 nitrogen and oxygen atoms in total. The van der Waals surface area contributed by atoms with E-state index in [1.54, 1.807) is 0 Å². The summed E-state index contributed by atoms with van der Waals surface area (Å²) in [6.07, 6.45) is -1.79. The molecular weight excluding hydrogens is 142 g/mol. The van der Waals surface area contributed by atoms with Gasteiger partial charge in [-0.1, -0.05) is 0 Å². The first kappa shape index (κ1) is 9.07. The van der Waals surface area contributed by atoms with Crippen LogP contribution in [0.25, 0.3) is 0 Å². The molecule has 0 aliphatic heterocycles. The van der Waals surface area contributed by atoms with Crippen LogP contribution in [-0.4, -0.2) is 12.6 Å². The maximum atomic E-state index is 11.6. The fourth-order valence-corrected chi connectivity index (χ4v) is 0.264. The smallest absolute Gasteiger partial charge is 0.302 e. The van der Waals surface area contributed by atoms with Crippen LogP contribution in [0.1, 0.15) is 13.8 Å². The molecule has 0 amide bonds. The number of carbonyl (C=O) groups excluding carboxylic acids is 1. The van der Waals surface area contributed by atoms with Gasteiger partial charge in [-0.15, -0.1) is 0 Å². The third-order valence-electron chi connectivity index (χ3n) is 0.815. The quantitative estimate of drug-likeness (QED) is 0.560. The molecule has 0 aromatic carbocycles. The number of hydrogen-bond acceptors (Lipinski definition) is 2. The van der Waals surface area contributed by atoms with Crippen LogP contribution in [0.5, 0.6) is 0 Å². The first-order valence-corrected chi connectivity index (χ1v) is 2.68. The Balaban J connectivity index is 3.71. The molecule has 0 spiro atoms. The molecule has 0 aliphatic carbocycles. The van der Waals surface area contributed by atoms with E-state index in [4.69, 9.17) is 0 Å². The summed E-state index contributed by atoms with van der Waals surface area (Å²) >= 11 is 0. The summed E-state index contributed by atoms with van der Waals surface area (Å²) in [7, 11) is 0. The number of ether oxygens (including phenoxy) is 1. The Kier molecular flexibility index (Phi) is 3.61. The number of hydrogen-bond donors (Lipinski definition) is 0. The Bertz CT molecular complexity index is 159. The SMILES string of the molecule is CC(=O)OCC(C)=C(F)F. The van der Waals surface area contributed by atoms with Crippen molar-refractivity contribution in [1.29, 1.82) is 0 Å². The van der Waals surface area contributed by atoms with Gasteiger partial charge in [0.2, 0.25) is 0 Å². The molecule has 0 aromatic heterocycles. The summed E-state index contributed by atoms with van der Waals surface area (Å²) in [5, 5.41) is 0. The molecule has 0 N–H and O–H groups in total. The molecule has 10 heavy (non-hydrogen) atoms. The number of carbonyl (C=O) groups is 1. The van der Waals surface area contributed by atoms with Crippen molar-refractivity contribution in [3.8, 4) is 0 Å². The topological polar surface area (TPSA) is 26.3 Å². The first-order chi connectivity index (χ1) is 4.54. The second-order valence-corrected chi connectivity index (χ2v) is 1.82. The molecule has 0 saturated carbocycles. The highest BCUT2D eigenvalue weighted by Gasteiger charge is 2.00. The number of esters is 1. The van der Waals surface area contributed by atoms with Gasteiger partial charge in [-0.25, -0.2) is 0 Å². The molecule has 0 aromatic rings. The molecule has 0 radical (unpaired) electrons. The Morgan fingerprint density at radius 2 is 1.90 bits per heavy atom. The van der Waals surface area contributed by atoms with Crippen LogP contribution in [0.4, 0.5) is 8.78 Å². The second-order valence-electron chi connectivity index (χ2n) is 1.82. The minimum absolute atomic E-state index is 0.213. The summed E-state index contributed by atoms with van der Waals surface area (Å²) in [5.74, 6) is -0.555. The summed E-state index contributed by atoms with van der Waals surface area (Å²) in [5.41, 5.74) is -0.213. The van der Waals surface area contributed by atoms with Crippen LogP contribution in [0.2, 0.25) is 0 Å². The van der Waals surface area contributed by atoms with Gasteiger partial charge in [-0.05, 0) is 6.92 Å². The molecule has 0 atom stereocenters.